The molecule has 6 heteroatoms. The Morgan fingerprint density at radius 3 is 2.14 bits per heavy atom. The molecule has 44 heavy (non-hydrogen) atoms. The highest BCUT2D eigenvalue weighted by Crippen LogP contribution is 2.21. The van der Waals surface area contributed by atoms with Crippen molar-refractivity contribution in [2.24, 2.45) is 0 Å². The van der Waals surface area contributed by atoms with Crippen LogP contribution in [0.3, 0.4) is 0 Å². The first-order chi connectivity index (χ1) is 21.5. The van der Waals surface area contributed by atoms with Crippen LogP contribution in [0.5, 0.6) is 0 Å². The number of benzene rings is 4. The first-order valence-corrected chi connectivity index (χ1v) is 15.7. The van der Waals surface area contributed by atoms with Gasteiger partial charge < -0.3 is 14.8 Å². The molecule has 226 valence electrons. The van der Waals surface area contributed by atoms with Crippen molar-refractivity contribution >= 4 is 22.8 Å². The molecule has 0 saturated heterocycles. The molecule has 4 aromatic carbocycles. The number of carbonyl (C=O) groups is 2. The Bertz CT molecular complexity index is 1640. The van der Waals surface area contributed by atoms with Crippen LogP contribution in [0.2, 0.25) is 0 Å². The van der Waals surface area contributed by atoms with Crippen molar-refractivity contribution in [2.45, 2.75) is 65.1 Å². The molecule has 0 atom stereocenters. The maximum Gasteiger partial charge on any atom is 0.243 e. The van der Waals surface area contributed by atoms with Crippen LogP contribution < -0.4 is 5.32 Å². The van der Waals surface area contributed by atoms with Crippen molar-refractivity contribution in [1.82, 2.24) is 19.8 Å². The molecule has 0 aliphatic heterocycles. The van der Waals surface area contributed by atoms with E-state index < -0.39 is 0 Å². The van der Waals surface area contributed by atoms with Crippen LogP contribution in [0.25, 0.3) is 22.2 Å². The second kappa shape index (κ2) is 15.1. The van der Waals surface area contributed by atoms with Crippen molar-refractivity contribution in [3.05, 3.63) is 126 Å². The van der Waals surface area contributed by atoms with Crippen LogP contribution in [-0.4, -0.2) is 38.9 Å². The average molecular weight is 587 g/mol. The van der Waals surface area contributed by atoms with Gasteiger partial charge in [-0.1, -0.05) is 103 Å². The molecule has 0 radical (unpaired) electrons. The van der Waals surface area contributed by atoms with Gasteiger partial charge in [0.2, 0.25) is 11.8 Å². The zero-order valence-electron chi connectivity index (χ0n) is 25.8. The predicted octanol–water partition coefficient (Wildman–Crippen LogP) is 7.21. The molecule has 0 bridgehead atoms. The summed E-state index contributed by atoms with van der Waals surface area (Å²) in [5.41, 5.74) is 6.36. The van der Waals surface area contributed by atoms with Crippen LogP contribution in [0.1, 0.15) is 50.1 Å². The summed E-state index contributed by atoms with van der Waals surface area (Å²) in [6.45, 7) is 5.63. The van der Waals surface area contributed by atoms with Crippen molar-refractivity contribution in [1.29, 1.82) is 0 Å². The zero-order valence-corrected chi connectivity index (χ0v) is 25.8. The van der Waals surface area contributed by atoms with Crippen molar-refractivity contribution in [3.8, 4) is 11.1 Å². The highest BCUT2D eigenvalue weighted by atomic mass is 16.2. The molecule has 1 aromatic heterocycles. The monoisotopic (exact) mass is 586 g/mol. The molecular weight excluding hydrogens is 544 g/mol. The lowest BCUT2D eigenvalue weighted by Crippen LogP contribution is -2.38. The standard InChI is InChI=1S/C38H42N4O2/c1-29(2)41(27-31-14-6-3-7-15-31)38(44)28-42-35-19-12-11-18-34(35)40-36(42)20-10-5-13-25-39-37(43)26-30-21-23-33(24-22-30)32-16-8-4-9-17-32/h3-4,6-9,11-12,14-19,21-24,29H,5,10,13,20,25-28H2,1-2H3,(H,39,43). The van der Waals surface area contributed by atoms with Crippen LogP contribution >= 0.6 is 0 Å². The predicted molar refractivity (Wildman–Crippen MR) is 178 cm³/mol. The van der Waals surface area contributed by atoms with E-state index in [-0.39, 0.29) is 24.4 Å². The van der Waals surface area contributed by atoms with Crippen molar-refractivity contribution in [3.63, 3.8) is 0 Å². The summed E-state index contributed by atoms with van der Waals surface area (Å²) in [6.07, 6.45) is 3.96. The number of hydrogen-bond donors (Lipinski definition) is 1. The first kappa shape index (κ1) is 30.7. The van der Waals surface area contributed by atoms with E-state index in [1.165, 1.54) is 5.56 Å². The minimum absolute atomic E-state index is 0.0444. The van der Waals surface area contributed by atoms with E-state index in [0.717, 1.165) is 59.2 Å². The number of para-hydroxylation sites is 2. The fraction of sp³-hybridized carbons (Fsp3) is 0.289. The van der Waals surface area contributed by atoms with E-state index in [1.54, 1.807) is 0 Å². The number of fused-ring (bicyclic) bond motifs is 1. The first-order valence-electron chi connectivity index (χ1n) is 15.7. The highest BCUT2D eigenvalue weighted by molar-refractivity contribution is 5.81. The molecule has 0 spiro atoms. The Kier molecular flexibility index (Phi) is 10.6. The number of rotatable bonds is 14. The minimum Gasteiger partial charge on any atom is -0.356 e. The Balaban J connectivity index is 1.10. The summed E-state index contributed by atoms with van der Waals surface area (Å²) in [5, 5.41) is 3.07. The van der Waals surface area contributed by atoms with Gasteiger partial charge in [-0.15, -0.1) is 0 Å². The third-order valence-corrected chi connectivity index (χ3v) is 7.99. The van der Waals surface area contributed by atoms with E-state index in [4.69, 9.17) is 4.98 Å². The number of aromatic nitrogens is 2. The summed E-state index contributed by atoms with van der Waals surface area (Å²) in [5.74, 6) is 1.07. The van der Waals surface area contributed by atoms with Crippen LogP contribution in [-0.2, 0) is 35.5 Å². The lowest BCUT2D eigenvalue weighted by molar-refractivity contribution is -0.134. The third-order valence-electron chi connectivity index (χ3n) is 7.99. The second-order valence-corrected chi connectivity index (χ2v) is 11.6. The van der Waals surface area contributed by atoms with Gasteiger partial charge in [0.05, 0.1) is 17.5 Å². The van der Waals surface area contributed by atoms with Crippen molar-refractivity contribution < 1.29 is 9.59 Å². The quantitative estimate of drug-likeness (QED) is 0.140. The topological polar surface area (TPSA) is 67.2 Å². The van der Waals surface area contributed by atoms with Gasteiger partial charge in [0.1, 0.15) is 12.4 Å². The maximum atomic E-state index is 13.6. The van der Waals surface area contributed by atoms with Crippen molar-refractivity contribution in [2.75, 3.05) is 6.54 Å². The highest BCUT2D eigenvalue weighted by Gasteiger charge is 2.20. The molecule has 6 nitrogen and oxygen atoms in total. The summed E-state index contributed by atoms with van der Waals surface area (Å²) in [7, 11) is 0. The SMILES string of the molecule is CC(C)N(Cc1ccccc1)C(=O)Cn1c(CCCCCNC(=O)Cc2ccc(-c3ccccc3)cc2)nc2ccccc21. The number of amides is 2. The van der Waals surface area contributed by atoms with E-state index in [2.05, 4.69) is 60.1 Å². The normalized spacial score (nSPS) is 11.2. The number of aryl methyl sites for hydroxylation is 1. The Labute approximate surface area is 260 Å². The molecule has 0 unspecified atom stereocenters. The molecule has 0 saturated carbocycles. The molecular formula is C38H42N4O2. The summed E-state index contributed by atoms with van der Waals surface area (Å²) in [4.78, 5) is 32.9. The minimum atomic E-state index is 0.0444. The molecule has 5 aromatic rings. The lowest BCUT2D eigenvalue weighted by Gasteiger charge is -2.27. The summed E-state index contributed by atoms with van der Waals surface area (Å²) >= 11 is 0. The van der Waals surface area contributed by atoms with Crippen LogP contribution in [0.15, 0.2) is 109 Å². The van der Waals surface area contributed by atoms with E-state index >= 15 is 0 Å². The second-order valence-electron chi connectivity index (χ2n) is 11.6. The summed E-state index contributed by atoms with van der Waals surface area (Å²) in [6, 6.07) is 36.7. The van der Waals surface area contributed by atoms with Gasteiger partial charge in [-0.3, -0.25) is 9.59 Å². The average Bonchev–Trinajstić information content (AvgIpc) is 3.39. The Hall–Kier alpha value is -4.71. The third kappa shape index (κ3) is 8.22. The van der Waals surface area contributed by atoms with Gasteiger partial charge in [-0.25, -0.2) is 4.98 Å². The fourth-order valence-corrected chi connectivity index (χ4v) is 5.56. The van der Waals surface area contributed by atoms with Gasteiger partial charge >= 0.3 is 0 Å². The number of nitrogens with one attached hydrogen (secondary N) is 1. The molecule has 5 rings (SSSR count). The fourth-order valence-electron chi connectivity index (χ4n) is 5.56. The van der Waals surface area contributed by atoms with Gasteiger partial charge in [-0.05, 0) is 61.1 Å². The molecule has 1 heterocycles. The number of carbonyl (C=O) groups excluding carboxylic acids is 2. The largest absolute Gasteiger partial charge is 0.356 e. The van der Waals surface area contributed by atoms with E-state index in [0.29, 0.717) is 19.5 Å². The number of nitrogens with zero attached hydrogens (tertiary/aromatic N) is 3. The van der Waals surface area contributed by atoms with Crippen LogP contribution in [0.4, 0.5) is 0 Å². The van der Waals surface area contributed by atoms with Gasteiger partial charge in [0, 0.05) is 25.6 Å². The van der Waals surface area contributed by atoms with E-state index in [1.807, 2.05) is 77.7 Å². The molecule has 0 aliphatic rings. The Morgan fingerprint density at radius 2 is 1.41 bits per heavy atom. The van der Waals surface area contributed by atoms with Gasteiger partial charge in [0.15, 0.2) is 0 Å². The maximum absolute atomic E-state index is 13.6. The van der Waals surface area contributed by atoms with Crippen LogP contribution in [0, 0.1) is 0 Å². The Morgan fingerprint density at radius 1 is 0.750 bits per heavy atom. The molecule has 0 aliphatic carbocycles. The van der Waals surface area contributed by atoms with Gasteiger partial charge in [0.25, 0.3) is 0 Å². The van der Waals surface area contributed by atoms with Gasteiger partial charge in [-0.2, -0.15) is 0 Å². The molecule has 2 amide bonds. The molecule has 1 N–H and O–H groups in total. The number of unbranched alkanes of at least 4 members (excludes halogenated alkanes) is 2. The lowest BCUT2D eigenvalue weighted by atomic mass is 10.0. The number of imidazole rings is 1. The summed E-state index contributed by atoms with van der Waals surface area (Å²) < 4.78 is 2.09. The smallest absolute Gasteiger partial charge is 0.243 e. The van der Waals surface area contributed by atoms with E-state index in [9.17, 15) is 9.59 Å². The number of hydrogen-bond acceptors (Lipinski definition) is 3. The molecule has 0 fully saturated rings. The zero-order chi connectivity index (χ0) is 30.7.